The first-order valence-corrected chi connectivity index (χ1v) is 9.30. The van der Waals surface area contributed by atoms with Gasteiger partial charge in [0, 0.05) is 25.0 Å². The van der Waals surface area contributed by atoms with E-state index < -0.39 is 0 Å². The van der Waals surface area contributed by atoms with Crippen LogP contribution in [0.4, 0.5) is 0 Å². The van der Waals surface area contributed by atoms with Crippen LogP contribution in [0.15, 0.2) is 30.3 Å². The lowest BCUT2D eigenvalue weighted by molar-refractivity contribution is -0.138. The van der Waals surface area contributed by atoms with Gasteiger partial charge in [0.1, 0.15) is 0 Å². The van der Waals surface area contributed by atoms with Gasteiger partial charge < -0.3 is 10.6 Å². The third-order valence-electron chi connectivity index (χ3n) is 5.67. The van der Waals surface area contributed by atoms with E-state index in [1.165, 1.54) is 12.0 Å². The zero-order chi connectivity index (χ0) is 16.1. The number of likely N-dealkylation sites (tertiary alicyclic amines) is 1. The Labute approximate surface area is 152 Å². The monoisotopic (exact) mass is 350 g/mol. The molecule has 0 radical (unpaired) electrons. The number of carbonyl (C=O) groups is 1. The van der Waals surface area contributed by atoms with Crippen LogP contribution in [-0.4, -0.2) is 29.9 Å². The predicted molar refractivity (Wildman–Crippen MR) is 101 cm³/mol. The molecule has 2 unspecified atom stereocenters. The average Bonchev–Trinajstić information content (AvgIpc) is 2.61. The summed E-state index contributed by atoms with van der Waals surface area (Å²) in [5, 5.41) is 0. The van der Waals surface area contributed by atoms with Gasteiger partial charge in [-0.15, -0.1) is 12.4 Å². The van der Waals surface area contributed by atoms with E-state index in [0.29, 0.717) is 5.91 Å². The number of carbonyl (C=O) groups excluding carboxylic acids is 1. The highest BCUT2D eigenvalue weighted by Crippen LogP contribution is 2.28. The maximum absolute atomic E-state index is 12.7. The number of piperidine rings is 1. The van der Waals surface area contributed by atoms with E-state index in [0.717, 1.165) is 64.0 Å². The van der Waals surface area contributed by atoms with Crippen LogP contribution in [0.3, 0.4) is 0 Å². The van der Waals surface area contributed by atoms with Crippen LogP contribution in [0.25, 0.3) is 0 Å². The molecule has 2 aliphatic rings. The minimum Gasteiger partial charge on any atom is -0.342 e. The van der Waals surface area contributed by atoms with Crippen molar-refractivity contribution in [3.63, 3.8) is 0 Å². The van der Waals surface area contributed by atoms with Crippen molar-refractivity contribution in [3.05, 3.63) is 35.9 Å². The number of rotatable bonds is 4. The second-order valence-corrected chi connectivity index (χ2v) is 7.42. The molecular formula is C20H31ClN2O. The molecule has 1 aliphatic carbocycles. The summed E-state index contributed by atoms with van der Waals surface area (Å²) in [7, 11) is 0. The van der Waals surface area contributed by atoms with Crippen LogP contribution in [0.2, 0.25) is 0 Å². The maximum atomic E-state index is 12.7. The molecule has 3 nitrogen and oxygen atoms in total. The average molecular weight is 351 g/mol. The quantitative estimate of drug-likeness (QED) is 0.897. The summed E-state index contributed by atoms with van der Waals surface area (Å²) in [6.07, 6.45) is 8.88. The molecule has 0 spiro atoms. The van der Waals surface area contributed by atoms with E-state index in [2.05, 4.69) is 35.2 Å². The summed E-state index contributed by atoms with van der Waals surface area (Å²) in [6, 6.07) is 11.0. The van der Waals surface area contributed by atoms with Crippen molar-refractivity contribution >= 4 is 18.3 Å². The highest BCUT2D eigenvalue weighted by atomic mass is 35.5. The van der Waals surface area contributed by atoms with Gasteiger partial charge in [-0.2, -0.15) is 0 Å². The first kappa shape index (κ1) is 19.3. The number of benzene rings is 1. The van der Waals surface area contributed by atoms with Crippen LogP contribution in [0.1, 0.15) is 50.5 Å². The topological polar surface area (TPSA) is 46.3 Å². The molecule has 1 saturated carbocycles. The van der Waals surface area contributed by atoms with E-state index in [1.807, 2.05) is 0 Å². The zero-order valence-electron chi connectivity index (χ0n) is 14.5. The molecular weight excluding hydrogens is 320 g/mol. The molecule has 0 aromatic heterocycles. The molecule has 1 saturated heterocycles. The van der Waals surface area contributed by atoms with Gasteiger partial charge in [-0.3, -0.25) is 4.79 Å². The predicted octanol–water partition coefficient (Wildman–Crippen LogP) is 3.80. The summed E-state index contributed by atoms with van der Waals surface area (Å²) in [5.74, 6) is 1.34. The lowest BCUT2D eigenvalue weighted by Crippen LogP contribution is -2.44. The normalized spacial score (nSPS) is 25.1. The third-order valence-corrected chi connectivity index (χ3v) is 5.67. The molecule has 1 amide bonds. The number of amides is 1. The Morgan fingerprint density at radius 2 is 1.79 bits per heavy atom. The van der Waals surface area contributed by atoms with Crippen LogP contribution in [0.5, 0.6) is 0 Å². The van der Waals surface area contributed by atoms with Crippen molar-refractivity contribution in [2.45, 2.75) is 57.4 Å². The molecule has 1 aliphatic heterocycles. The van der Waals surface area contributed by atoms with Gasteiger partial charge >= 0.3 is 0 Å². The Kier molecular flexibility index (Phi) is 7.57. The van der Waals surface area contributed by atoms with Gasteiger partial charge in [0.15, 0.2) is 0 Å². The van der Waals surface area contributed by atoms with Crippen molar-refractivity contribution in [2.75, 3.05) is 13.1 Å². The van der Waals surface area contributed by atoms with Crippen LogP contribution >= 0.6 is 12.4 Å². The minimum absolute atomic E-state index is 0. The third kappa shape index (κ3) is 5.22. The number of nitrogens with zero attached hydrogens (tertiary/aromatic N) is 1. The second-order valence-electron chi connectivity index (χ2n) is 7.42. The highest BCUT2D eigenvalue weighted by Gasteiger charge is 2.31. The minimum atomic E-state index is 0. The Morgan fingerprint density at radius 3 is 2.46 bits per heavy atom. The smallest absolute Gasteiger partial charge is 0.225 e. The van der Waals surface area contributed by atoms with Gasteiger partial charge in [-0.1, -0.05) is 36.8 Å². The summed E-state index contributed by atoms with van der Waals surface area (Å²) < 4.78 is 0. The number of hydrogen-bond acceptors (Lipinski definition) is 2. The van der Waals surface area contributed by atoms with Gasteiger partial charge in [-0.25, -0.2) is 0 Å². The molecule has 2 fully saturated rings. The SMILES string of the molecule is Cl.NC1CCCC(C(=O)N2CCC(CCc3ccccc3)CC2)C1. The number of halogens is 1. The zero-order valence-corrected chi connectivity index (χ0v) is 15.3. The van der Waals surface area contributed by atoms with Gasteiger partial charge in [0.25, 0.3) is 0 Å². The van der Waals surface area contributed by atoms with Gasteiger partial charge in [0.05, 0.1) is 0 Å². The summed E-state index contributed by atoms with van der Waals surface area (Å²) in [5.41, 5.74) is 7.47. The lowest BCUT2D eigenvalue weighted by Gasteiger charge is -2.36. The lowest BCUT2D eigenvalue weighted by atomic mass is 9.84. The Balaban J connectivity index is 0.00000208. The maximum Gasteiger partial charge on any atom is 0.225 e. The Bertz CT molecular complexity index is 500. The first-order valence-electron chi connectivity index (χ1n) is 9.30. The van der Waals surface area contributed by atoms with Crippen molar-refractivity contribution in [3.8, 4) is 0 Å². The van der Waals surface area contributed by atoms with Gasteiger partial charge in [-0.05, 0) is 56.4 Å². The summed E-state index contributed by atoms with van der Waals surface area (Å²) >= 11 is 0. The fourth-order valence-corrected chi connectivity index (χ4v) is 4.17. The first-order chi connectivity index (χ1) is 11.2. The van der Waals surface area contributed by atoms with Crippen molar-refractivity contribution in [1.82, 2.24) is 4.90 Å². The van der Waals surface area contributed by atoms with E-state index in [1.54, 1.807) is 0 Å². The molecule has 1 aromatic rings. The Hall–Kier alpha value is -1.06. The molecule has 0 bridgehead atoms. The summed E-state index contributed by atoms with van der Waals surface area (Å²) in [6.45, 7) is 1.90. The fourth-order valence-electron chi connectivity index (χ4n) is 4.17. The van der Waals surface area contributed by atoms with Crippen molar-refractivity contribution in [2.24, 2.45) is 17.6 Å². The van der Waals surface area contributed by atoms with Crippen LogP contribution in [-0.2, 0) is 11.2 Å². The number of aryl methyl sites for hydroxylation is 1. The van der Waals surface area contributed by atoms with E-state index >= 15 is 0 Å². The molecule has 2 N–H and O–H groups in total. The van der Waals surface area contributed by atoms with Crippen LogP contribution in [0, 0.1) is 11.8 Å². The molecule has 4 heteroatoms. The number of hydrogen-bond donors (Lipinski definition) is 1. The van der Waals surface area contributed by atoms with Gasteiger partial charge in [0.2, 0.25) is 5.91 Å². The highest BCUT2D eigenvalue weighted by molar-refractivity contribution is 5.85. The molecule has 2 atom stereocenters. The number of nitrogens with two attached hydrogens (primary N) is 1. The standard InChI is InChI=1S/C20H30N2O.ClH/c21-19-8-4-7-18(15-19)20(23)22-13-11-17(12-14-22)10-9-16-5-2-1-3-6-16;/h1-3,5-6,17-19H,4,7-15,21H2;1H. The molecule has 1 heterocycles. The van der Waals surface area contributed by atoms with E-state index in [9.17, 15) is 4.79 Å². The second kappa shape index (κ2) is 9.43. The molecule has 3 rings (SSSR count). The van der Waals surface area contributed by atoms with Crippen LogP contribution < -0.4 is 5.73 Å². The summed E-state index contributed by atoms with van der Waals surface area (Å²) in [4.78, 5) is 14.8. The van der Waals surface area contributed by atoms with Crippen molar-refractivity contribution < 1.29 is 4.79 Å². The van der Waals surface area contributed by atoms with E-state index in [-0.39, 0.29) is 24.4 Å². The fraction of sp³-hybridized carbons (Fsp3) is 0.650. The largest absolute Gasteiger partial charge is 0.342 e. The van der Waals surface area contributed by atoms with Crippen molar-refractivity contribution in [1.29, 1.82) is 0 Å². The van der Waals surface area contributed by atoms with E-state index in [4.69, 9.17) is 5.73 Å². The Morgan fingerprint density at radius 1 is 1.08 bits per heavy atom. The molecule has 1 aromatic carbocycles. The molecule has 134 valence electrons. The molecule has 24 heavy (non-hydrogen) atoms.